The number of benzene rings is 1. The number of aromatic nitrogens is 1. The number of nitro benzene ring substituents is 1. The fourth-order valence-corrected chi connectivity index (χ4v) is 1.85. The number of nitrogens with one attached hydrogen (secondary N) is 1. The molecule has 0 aliphatic carbocycles. The van der Waals surface area contributed by atoms with Gasteiger partial charge in [-0.05, 0) is 29.8 Å². The molecule has 1 heterocycles. The summed E-state index contributed by atoms with van der Waals surface area (Å²) in [7, 11) is 0. The number of halogens is 1. The fourth-order valence-electron chi connectivity index (χ4n) is 1.50. The zero-order chi connectivity index (χ0) is 13.0. The molecule has 0 radical (unpaired) electrons. The lowest BCUT2D eigenvalue weighted by molar-refractivity contribution is -0.384. The Morgan fingerprint density at radius 2 is 2.00 bits per heavy atom. The van der Waals surface area contributed by atoms with E-state index in [2.05, 4.69) is 26.2 Å². The summed E-state index contributed by atoms with van der Waals surface area (Å²) in [4.78, 5) is 14.4. The van der Waals surface area contributed by atoms with Gasteiger partial charge in [-0.2, -0.15) is 0 Å². The molecule has 0 bridgehead atoms. The van der Waals surface area contributed by atoms with Crippen molar-refractivity contribution in [2.45, 2.75) is 6.54 Å². The lowest BCUT2D eigenvalue weighted by Gasteiger charge is -2.07. The molecule has 1 aromatic carbocycles. The average molecular weight is 308 g/mol. The third kappa shape index (κ3) is 3.04. The number of pyridine rings is 1. The molecule has 0 saturated heterocycles. The summed E-state index contributed by atoms with van der Waals surface area (Å²) in [5, 5.41) is 14.0. The highest BCUT2D eigenvalue weighted by molar-refractivity contribution is 9.10. The molecule has 0 amide bonds. The highest BCUT2D eigenvalue weighted by Crippen LogP contribution is 2.28. The second-order valence-corrected chi connectivity index (χ2v) is 4.54. The summed E-state index contributed by atoms with van der Waals surface area (Å²) < 4.78 is 0.684. The summed E-state index contributed by atoms with van der Waals surface area (Å²) in [6.45, 7) is 0.519. The number of hydrogen-bond donors (Lipinski definition) is 1. The molecular weight excluding hydrogens is 298 g/mol. The van der Waals surface area contributed by atoms with E-state index >= 15 is 0 Å². The topological polar surface area (TPSA) is 68.1 Å². The second-order valence-electron chi connectivity index (χ2n) is 3.63. The zero-order valence-electron chi connectivity index (χ0n) is 9.34. The van der Waals surface area contributed by atoms with Crippen molar-refractivity contribution in [3.05, 3.63) is 62.9 Å². The quantitative estimate of drug-likeness (QED) is 0.694. The van der Waals surface area contributed by atoms with Crippen LogP contribution in [0.3, 0.4) is 0 Å². The zero-order valence-corrected chi connectivity index (χ0v) is 10.9. The van der Waals surface area contributed by atoms with Crippen LogP contribution in [0, 0.1) is 10.1 Å². The van der Waals surface area contributed by atoms with Gasteiger partial charge in [0.1, 0.15) is 5.69 Å². The Morgan fingerprint density at radius 3 is 2.67 bits per heavy atom. The molecule has 5 nitrogen and oxygen atoms in total. The van der Waals surface area contributed by atoms with E-state index < -0.39 is 4.92 Å². The van der Waals surface area contributed by atoms with Crippen LogP contribution in [-0.4, -0.2) is 9.91 Å². The van der Waals surface area contributed by atoms with Crippen LogP contribution in [0.25, 0.3) is 0 Å². The van der Waals surface area contributed by atoms with E-state index in [-0.39, 0.29) is 5.69 Å². The summed E-state index contributed by atoms with van der Waals surface area (Å²) in [5.41, 5.74) is 1.57. The molecule has 1 N–H and O–H groups in total. The predicted molar refractivity (Wildman–Crippen MR) is 72.4 cm³/mol. The van der Waals surface area contributed by atoms with E-state index in [4.69, 9.17) is 0 Å². The molecule has 1 aromatic heterocycles. The van der Waals surface area contributed by atoms with E-state index in [1.165, 1.54) is 6.07 Å². The molecular formula is C12H10BrN3O2. The summed E-state index contributed by atoms with van der Waals surface area (Å²) in [6.07, 6.45) is 3.38. The Hall–Kier alpha value is -1.95. The van der Waals surface area contributed by atoms with E-state index in [0.717, 1.165) is 5.56 Å². The van der Waals surface area contributed by atoms with E-state index in [9.17, 15) is 10.1 Å². The van der Waals surface area contributed by atoms with E-state index in [0.29, 0.717) is 16.7 Å². The minimum Gasteiger partial charge on any atom is -0.375 e. The Labute approximate surface area is 112 Å². The lowest BCUT2D eigenvalue weighted by atomic mass is 10.2. The SMILES string of the molecule is O=[N+]([O-])c1cc(Br)ccc1NCc1ccncc1. The minimum atomic E-state index is -0.403. The van der Waals surface area contributed by atoms with Gasteiger partial charge in [-0.25, -0.2) is 0 Å². The van der Waals surface area contributed by atoms with Crippen LogP contribution in [-0.2, 0) is 6.54 Å². The number of nitrogens with zero attached hydrogens (tertiary/aromatic N) is 2. The van der Waals surface area contributed by atoms with E-state index in [1.54, 1.807) is 24.5 Å². The van der Waals surface area contributed by atoms with Crippen LogP contribution in [0.15, 0.2) is 47.2 Å². The molecule has 0 atom stereocenters. The Morgan fingerprint density at radius 1 is 1.28 bits per heavy atom. The summed E-state index contributed by atoms with van der Waals surface area (Å²) >= 11 is 3.22. The van der Waals surface area contributed by atoms with Crippen molar-refractivity contribution < 1.29 is 4.92 Å². The van der Waals surface area contributed by atoms with Gasteiger partial charge >= 0.3 is 0 Å². The molecule has 2 aromatic rings. The van der Waals surface area contributed by atoms with Crippen LogP contribution < -0.4 is 5.32 Å². The maximum Gasteiger partial charge on any atom is 0.293 e. The van der Waals surface area contributed by atoms with Gasteiger partial charge in [-0.1, -0.05) is 15.9 Å². The molecule has 2 rings (SSSR count). The van der Waals surface area contributed by atoms with Crippen LogP contribution in [0.4, 0.5) is 11.4 Å². The Kier molecular flexibility index (Phi) is 3.88. The number of nitro groups is 1. The molecule has 6 heteroatoms. The number of rotatable bonds is 4. The summed E-state index contributed by atoms with van der Waals surface area (Å²) in [6, 6.07) is 8.65. The average Bonchev–Trinajstić information content (AvgIpc) is 2.38. The standard InChI is InChI=1S/C12H10BrN3O2/c13-10-1-2-11(12(7-10)16(17)18)15-8-9-3-5-14-6-4-9/h1-7,15H,8H2. The second kappa shape index (κ2) is 5.59. The molecule has 0 aliphatic heterocycles. The van der Waals surface area contributed by atoms with Crippen molar-refractivity contribution in [2.75, 3.05) is 5.32 Å². The third-order valence-electron chi connectivity index (χ3n) is 2.39. The van der Waals surface area contributed by atoms with Crippen LogP contribution in [0.1, 0.15) is 5.56 Å². The van der Waals surface area contributed by atoms with Gasteiger partial charge in [0.05, 0.1) is 4.92 Å². The maximum absolute atomic E-state index is 10.9. The van der Waals surface area contributed by atoms with Gasteiger partial charge in [0.15, 0.2) is 0 Å². The van der Waals surface area contributed by atoms with E-state index in [1.807, 2.05) is 12.1 Å². The van der Waals surface area contributed by atoms with Gasteiger partial charge < -0.3 is 5.32 Å². The van der Waals surface area contributed by atoms with Crippen LogP contribution in [0.2, 0.25) is 0 Å². The molecule has 92 valence electrons. The Bertz CT molecular complexity index is 561. The van der Waals surface area contributed by atoms with Crippen molar-refractivity contribution in [1.29, 1.82) is 0 Å². The van der Waals surface area contributed by atoms with Crippen molar-refractivity contribution in [2.24, 2.45) is 0 Å². The molecule has 0 fully saturated rings. The fraction of sp³-hybridized carbons (Fsp3) is 0.0833. The lowest BCUT2D eigenvalue weighted by Crippen LogP contribution is -2.02. The first-order valence-electron chi connectivity index (χ1n) is 5.23. The van der Waals surface area contributed by atoms with Gasteiger partial charge in [0.25, 0.3) is 5.69 Å². The van der Waals surface area contributed by atoms with Gasteiger partial charge in [0, 0.05) is 29.5 Å². The molecule has 0 unspecified atom stereocenters. The molecule has 0 spiro atoms. The predicted octanol–water partition coefficient (Wildman–Crippen LogP) is 3.36. The highest BCUT2D eigenvalue weighted by atomic mass is 79.9. The maximum atomic E-state index is 10.9. The smallest absolute Gasteiger partial charge is 0.293 e. The molecule has 0 saturated carbocycles. The van der Waals surface area contributed by atoms with Gasteiger partial charge in [0.2, 0.25) is 0 Å². The molecule has 0 aliphatic rings. The largest absolute Gasteiger partial charge is 0.375 e. The van der Waals surface area contributed by atoms with Gasteiger partial charge in [-0.3, -0.25) is 15.1 Å². The first-order chi connectivity index (χ1) is 8.66. The molecule has 18 heavy (non-hydrogen) atoms. The number of anilines is 1. The Balaban J connectivity index is 2.17. The van der Waals surface area contributed by atoms with Crippen molar-refractivity contribution in [3.63, 3.8) is 0 Å². The first kappa shape index (κ1) is 12.5. The minimum absolute atomic E-state index is 0.0541. The monoisotopic (exact) mass is 307 g/mol. The van der Waals surface area contributed by atoms with Crippen molar-refractivity contribution >= 4 is 27.3 Å². The van der Waals surface area contributed by atoms with Crippen LogP contribution >= 0.6 is 15.9 Å². The number of hydrogen-bond acceptors (Lipinski definition) is 4. The van der Waals surface area contributed by atoms with Crippen molar-refractivity contribution in [1.82, 2.24) is 4.98 Å². The normalized spacial score (nSPS) is 10.1. The summed E-state index contributed by atoms with van der Waals surface area (Å²) in [5.74, 6) is 0. The van der Waals surface area contributed by atoms with Crippen molar-refractivity contribution in [3.8, 4) is 0 Å². The van der Waals surface area contributed by atoms with Crippen LogP contribution in [0.5, 0.6) is 0 Å². The first-order valence-corrected chi connectivity index (χ1v) is 6.03. The van der Waals surface area contributed by atoms with Gasteiger partial charge in [-0.15, -0.1) is 0 Å². The third-order valence-corrected chi connectivity index (χ3v) is 2.88. The highest BCUT2D eigenvalue weighted by Gasteiger charge is 2.13.